The molecule has 0 atom stereocenters. The summed E-state index contributed by atoms with van der Waals surface area (Å²) >= 11 is 7.82. The van der Waals surface area contributed by atoms with Crippen LogP contribution >= 0.6 is 45.3 Å². The van der Waals surface area contributed by atoms with Gasteiger partial charge in [0.1, 0.15) is 0 Å². The van der Waals surface area contributed by atoms with E-state index in [0.717, 1.165) is 12.8 Å². The number of thiophene rings is 4. The molecule has 182 valence electrons. The van der Waals surface area contributed by atoms with Crippen molar-refractivity contribution in [1.29, 1.82) is 0 Å². The van der Waals surface area contributed by atoms with Crippen LogP contribution in [0.1, 0.15) is 33.4 Å². The predicted molar refractivity (Wildman–Crippen MR) is 170 cm³/mol. The Labute approximate surface area is 237 Å². The summed E-state index contributed by atoms with van der Waals surface area (Å²) in [6.07, 6.45) is 2.11. The fraction of sp³-hybridized carbons (Fsp3) is 0.118. The molecule has 0 bridgehead atoms. The molecule has 4 heterocycles. The second kappa shape index (κ2) is 7.77. The van der Waals surface area contributed by atoms with Crippen molar-refractivity contribution in [2.75, 3.05) is 0 Å². The minimum absolute atomic E-state index is 1.06. The number of hydrogen-bond donors (Lipinski definition) is 0. The molecule has 2 aliphatic rings. The number of fused-ring (bicyclic) bond motifs is 8. The van der Waals surface area contributed by atoms with Gasteiger partial charge in [-0.1, -0.05) is 35.4 Å². The Hall–Kier alpha value is -3.02. The molecule has 0 nitrogen and oxygen atoms in total. The molecule has 0 fully saturated rings. The van der Waals surface area contributed by atoms with Gasteiger partial charge in [-0.3, -0.25) is 0 Å². The summed E-state index contributed by atoms with van der Waals surface area (Å²) < 4.78 is 2.77. The SMILES string of the molecule is Cc1ccc2sc(-c3cc4c(s3)-c3cc5c(cc3C4)-c3sc(-c4cc6cc(C)ccc6s4)cc3C5)cc2c1. The lowest BCUT2D eigenvalue weighted by Gasteiger charge is -2.06. The van der Waals surface area contributed by atoms with Crippen molar-refractivity contribution in [3.8, 4) is 40.4 Å². The Bertz CT molecular complexity index is 1950. The highest BCUT2D eigenvalue weighted by molar-refractivity contribution is 7.27. The topological polar surface area (TPSA) is 0 Å². The van der Waals surface area contributed by atoms with E-state index < -0.39 is 0 Å². The van der Waals surface area contributed by atoms with Crippen LogP contribution < -0.4 is 0 Å². The first-order chi connectivity index (χ1) is 18.6. The smallest absolute Gasteiger partial charge is 0.0455 e. The van der Waals surface area contributed by atoms with Gasteiger partial charge in [-0.25, -0.2) is 0 Å². The summed E-state index contributed by atoms with van der Waals surface area (Å²) in [5.41, 5.74) is 11.6. The molecule has 0 saturated heterocycles. The third-order valence-corrected chi connectivity index (χ3v) is 13.1. The van der Waals surface area contributed by atoms with E-state index in [0.29, 0.717) is 0 Å². The van der Waals surface area contributed by atoms with Gasteiger partial charge in [0, 0.05) is 38.7 Å². The summed E-state index contributed by atoms with van der Waals surface area (Å²) in [6.45, 7) is 4.35. The number of rotatable bonds is 2. The van der Waals surface area contributed by atoms with E-state index in [2.05, 4.69) is 86.6 Å². The van der Waals surface area contributed by atoms with Crippen molar-refractivity contribution in [2.45, 2.75) is 26.7 Å². The van der Waals surface area contributed by atoms with Crippen LogP contribution in [-0.4, -0.2) is 0 Å². The first kappa shape index (κ1) is 21.9. The van der Waals surface area contributed by atoms with Crippen molar-refractivity contribution in [3.63, 3.8) is 0 Å². The van der Waals surface area contributed by atoms with Gasteiger partial charge in [0.2, 0.25) is 0 Å². The molecule has 2 aliphatic carbocycles. The van der Waals surface area contributed by atoms with Gasteiger partial charge < -0.3 is 0 Å². The predicted octanol–water partition coefficient (Wildman–Crippen LogP) is 11.3. The molecule has 0 N–H and O–H groups in total. The Morgan fingerprint density at radius 3 is 1.37 bits per heavy atom. The van der Waals surface area contributed by atoms with E-state index in [1.807, 2.05) is 45.3 Å². The van der Waals surface area contributed by atoms with Crippen LogP contribution in [0.15, 0.2) is 72.8 Å². The molecule has 3 aromatic carbocycles. The van der Waals surface area contributed by atoms with Gasteiger partial charge in [0.25, 0.3) is 0 Å². The van der Waals surface area contributed by atoms with Crippen LogP contribution in [0.25, 0.3) is 60.6 Å². The summed E-state index contributed by atoms with van der Waals surface area (Å²) in [7, 11) is 0. The molecule has 0 spiro atoms. The van der Waals surface area contributed by atoms with Gasteiger partial charge >= 0.3 is 0 Å². The molecule has 0 radical (unpaired) electrons. The van der Waals surface area contributed by atoms with E-state index >= 15 is 0 Å². The number of hydrogen-bond acceptors (Lipinski definition) is 4. The minimum Gasteiger partial charge on any atom is -0.134 e. The van der Waals surface area contributed by atoms with Crippen LogP contribution in [0.2, 0.25) is 0 Å². The average molecular weight is 559 g/mol. The fourth-order valence-corrected chi connectivity index (χ4v) is 10.9. The number of benzene rings is 3. The lowest BCUT2D eigenvalue weighted by atomic mass is 10.0. The third-order valence-electron chi connectivity index (χ3n) is 8.03. The second-order valence-electron chi connectivity index (χ2n) is 10.8. The van der Waals surface area contributed by atoms with Crippen molar-refractivity contribution < 1.29 is 0 Å². The highest BCUT2D eigenvalue weighted by Crippen LogP contribution is 2.53. The van der Waals surface area contributed by atoms with Gasteiger partial charge in [-0.15, -0.1) is 45.3 Å². The molecule has 7 aromatic rings. The zero-order chi connectivity index (χ0) is 25.1. The summed E-state index contributed by atoms with van der Waals surface area (Å²) in [5.74, 6) is 0. The Kier molecular flexibility index (Phi) is 4.47. The molecule has 0 aliphatic heterocycles. The maximum Gasteiger partial charge on any atom is 0.0455 e. The Morgan fingerprint density at radius 2 is 0.895 bits per heavy atom. The normalized spacial score (nSPS) is 13.3. The lowest BCUT2D eigenvalue weighted by molar-refractivity contribution is 1.24. The van der Waals surface area contributed by atoms with Crippen molar-refractivity contribution in [1.82, 2.24) is 0 Å². The highest BCUT2D eigenvalue weighted by Gasteiger charge is 2.29. The lowest BCUT2D eigenvalue weighted by Crippen LogP contribution is -1.86. The summed E-state index contributed by atoms with van der Waals surface area (Å²) in [5, 5.41) is 2.74. The minimum atomic E-state index is 1.06. The molecule has 4 aromatic heterocycles. The van der Waals surface area contributed by atoms with E-state index in [4.69, 9.17) is 0 Å². The maximum atomic E-state index is 2.51. The average Bonchev–Trinajstić information content (AvgIpc) is 3.70. The Morgan fingerprint density at radius 1 is 0.447 bits per heavy atom. The first-order valence-electron chi connectivity index (χ1n) is 13.0. The molecule has 4 heteroatoms. The molecule has 38 heavy (non-hydrogen) atoms. The van der Waals surface area contributed by atoms with Crippen LogP contribution in [0.4, 0.5) is 0 Å². The van der Waals surface area contributed by atoms with Crippen molar-refractivity contribution in [2.24, 2.45) is 0 Å². The molecule has 0 unspecified atom stereocenters. The third kappa shape index (κ3) is 3.18. The summed E-state index contributed by atoms with van der Waals surface area (Å²) in [6, 6.07) is 28.3. The van der Waals surface area contributed by atoms with Crippen LogP contribution in [-0.2, 0) is 12.8 Å². The zero-order valence-electron chi connectivity index (χ0n) is 21.0. The molecule has 0 saturated carbocycles. The maximum absolute atomic E-state index is 2.51. The van der Waals surface area contributed by atoms with E-state index in [1.54, 1.807) is 0 Å². The standard InChI is InChI=1S/C34H22S4/c1-17-3-5-27-21(7-17)13-29(35-27)31-15-23-9-19-12-26-20(11-25(19)33(23)37-31)10-24-16-32(38-34(24)26)30-14-22-8-18(2)4-6-28(22)36-30/h3-8,11-16H,9-10H2,1-2H3. The van der Waals surface area contributed by atoms with Gasteiger partial charge in [0.05, 0.1) is 0 Å². The van der Waals surface area contributed by atoms with Crippen LogP contribution in [0.3, 0.4) is 0 Å². The Balaban J connectivity index is 1.07. The van der Waals surface area contributed by atoms with E-state index in [-0.39, 0.29) is 0 Å². The number of aryl methyl sites for hydroxylation is 2. The fourth-order valence-electron chi connectivity index (χ4n) is 6.20. The summed E-state index contributed by atoms with van der Waals surface area (Å²) in [4.78, 5) is 8.62. The highest BCUT2D eigenvalue weighted by atomic mass is 32.1. The van der Waals surface area contributed by atoms with Gasteiger partial charge in [-0.2, -0.15) is 0 Å². The van der Waals surface area contributed by atoms with Crippen LogP contribution in [0, 0.1) is 13.8 Å². The quantitative estimate of drug-likeness (QED) is 0.198. The van der Waals surface area contributed by atoms with Crippen LogP contribution in [0.5, 0.6) is 0 Å². The van der Waals surface area contributed by atoms with Gasteiger partial charge in [0.15, 0.2) is 0 Å². The van der Waals surface area contributed by atoms with E-state index in [1.165, 1.54) is 93.9 Å². The monoisotopic (exact) mass is 558 g/mol. The van der Waals surface area contributed by atoms with Crippen molar-refractivity contribution in [3.05, 3.63) is 106 Å². The molecule has 0 amide bonds. The molecular formula is C34H22S4. The first-order valence-corrected chi connectivity index (χ1v) is 16.3. The molecular weight excluding hydrogens is 537 g/mol. The zero-order valence-corrected chi connectivity index (χ0v) is 24.2. The van der Waals surface area contributed by atoms with Gasteiger partial charge in [-0.05, 0) is 119 Å². The molecule has 9 rings (SSSR count). The largest absolute Gasteiger partial charge is 0.134 e. The second-order valence-corrected chi connectivity index (χ2v) is 15.0. The van der Waals surface area contributed by atoms with E-state index in [9.17, 15) is 0 Å². The van der Waals surface area contributed by atoms with Crippen molar-refractivity contribution >= 4 is 65.5 Å².